The van der Waals surface area contributed by atoms with Crippen LogP contribution >= 0.6 is 15.9 Å². The molecule has 12 nitrogen and oxygen atoms in total. The van der Waals surface area contributed by atoms with Crippen molar-refractivity contribution < 1.29 is 23.0 Å². The van der Waals surface area contributed by atoms with Crippen LogP contribution in [0.4, 0.5) is 35.9 Å². The Morgan fingerprint density at radius 2 is 1.66 bits per heavy atom. The zero-order chi connectivity index (χ0) is 29.5. The number of benzene rings is 1. The Kier molecular flexibility index (Phi) is 11.5. The van der Waals surface area contributed by atoms with Gasteiger partial charge >= 0.3 is 17.6 Å². The van der Waals surface area contributed by atoms with E-state index in [2.05, 4.69) is 20.9 Å². The molecule has 212 valence electrons. The first-order valence-corrected chi connectivity index (χ1v) is 12.4. The normalized spacial score (nSPS) is 11.9. The summed E-state index contributed by atoms with van der Waals surface area (Å²) in [5.41, 5.74) is 0.0639. The summed E-state index contributed by atoms with van der Waals surface area (Å²) in [7, 11) is 0. The van der Waals surface area contributed by atoms with Gasteiger partial charge in [-0.25, -0.2) is 4.79 Å². The lowest BCUT2D eigenvalue weighted by Crippen LogP contribution is -2.38. The van der Waals surface area contributed by atoms with E-state index in [0.717, 1.165) is 6.42 Å². The first-order valence-electron chi connectivity index (χ1n) is 11.6. The molecule has 0 saturated heterocycles. The molecule has 1 aromatic heterocycles. The standard InChI is InChI=1S/C13H17F3N4O4.C9H13BrN2O2/c1-3-5-18(6-4-2)11-9(19(21)22)7-8(13(14,15)16)10(17)12(11)20(23)24;1-4-5(2)12-8(13)7(10)6(3)11-9(12)14/h7H,3-6,17H2,1-2H3;5H,4H2,1-3H3,(H,11,14). The number of nitrogens with one attached hydrogen (secondary N) is 1. The summed E-state index contributed by atoms with van der Waals surface area (Å²) in [6, 6.07) is 0.179. The molecule has 0 spiro atoms. The Hall–Kier alpha value is -3.43. The molecule has 0 aliphatic heterocycles. The topological polar surface area (TPSA) is 170 Å². The smallest absolute Gasteiger partial charge is 0.393 e. The third-order valence-corrected chi connectivity index (χ3v) is 6.50. The maximum absolute atomic E-state index is 13.0. The number of rotatable bonds is 9. The highest BCUT2D eigenvalue weighted by atomic mass is 79.9. The lowest BCUT2D eigenvalue weighted by molar-refractivity contribution is -0.392. The number of nitro benzene ring substituents is 2. The van der Waals surface area contributed by atoms with E-state index in [4.69, 9.17) is 5.73 Å². The van der Waals surface area contributed by atoms with E-state index < -0.39 is 44.3 Å². The van der Waals surface area contributed by atoms with E-state index in [1.807, 2.05) is 13.8 Å². The molecule has 2 aromatic rings. The molecular formula is C22H30BrF3N6O6. The van der Waals surface area contributed by atoms with Gasteiger partial charge in [0, 0.05) is 30.9 Å². The lowest BCUT2D eigenvalue weighted by Gasteiger charge is -2.24. The number of nitrogens with zero attached hydrogens (tertiary/aromatic N) is 4. The molecule has 3 N–H and O–H groups in total. The molecule has 0 bridgehead atoms. The molecule has 2 rings (SSSR count). The summed E-state index contributed by atoms with van der Waals surface area (Å²) in [6.07, 6.45) is -3.30. The third-order valence-electron chi connectivity index (χ3n) is 5.56. The molecule has 0 saturated carbocycles. The van der Waals surface area contributed by atoms with Crippen molar-refractivity contribution in [1.82, 2.24) is 9.55 Å². The number of hydrogen-bond donors (Lipinski definition) is 2. The van der Waals surface area contributed by atoms with Gasteiger partial charge in [-0.3, -0.25) is 29.6 Å². The molecule has 1 atom stereocenters. The molecule has 0 aliphatic carbocycles. The van der Waals surface area contributed by atoms with Gasteiger partial charge in [-0.05, 0) is 49.0 Å². The van der Waals surface area contributed by atoms with Gasteiger partial charge in [0.05, 0.1) is 15.4 Å². The fourth-order valence-corrected chi connectivity index (χ4v) is 3.91. The number of nitro groups is 2. The van der Waals surface area contributed by atoms with Crippen molar-refractivity contribution in [2.75, 3.05) is 23.7 Å². The third kappa shape index (κ3) is 7.33. The van der Waals surface area contributed by atoms with Crippen LogP contribution in [0.5, 0.6) is 0 Å². The number of hydrogen-bond acceptors (Lipinski definition) is 8. The second kappa shape index (κ2) is 13.4. The summed E-state index contributed by atoms with van der Waals surface area (Å²) in [6.45, 7) is 9.37. The van der Waals surface area contributed by atoms with Crippen LogP contribution in [0.2, 0.25) is 0 Å². The van der Waals surface area contributed by atoms with Crippen molar-refractivity contribution in [3.8, 4) is 0 Å². The number of aryl methyl sites for hydroxylation is 1. The lowest BCUT2D eigenvalue weighted by atomic mass is 10.1. The van der Waals surface area contributed by atoms with Crippen molar-refractivity contribution in [3.05, 3.63) is 62.9 Å². The zero-order valence-corrected chi connectivity index (χ0v) is 23.1. The minimum Gasteiger partial charge on any atom is -0.393 e. The zero-order valence-electron chi connectivity index (χ0n) is 21.5. The van der Waals surface area contributed by atoms with Crippen LogP contribution < -0.4 is 21.9 Å². The number of halogens is 4. The minimum absolute atomic E-state index is 0.0804. The maximum atomic E-state index is 13.0. The monoisotopic (exact) mass is 610 g/mol. The summed E-state index contributed by atoms with van der Waals surface area (Å²) in [5.74, 6) is 0. The van der Waals surface area contributed by atoms with Crippen LogP contribution in [0.1, 0.15) is 64.3 Å². The van der Waals surface area contributed by atoms with Crippen LogP contribution in [-0.2, 0) is 6.18 Å². The predicted molar refractivity (Wildman–Crippen MR) is 141 cm³/mol. The van der Waals surface area contributed by atoms with Crippen LogP contribution in [0.15, 0.2) is 20.1 Å². The highest BCUT2D eigenvalue weighted by Crippen LogP contribution is 2.48. The average molecular weight is 611 g/mol. The van der Waals surface area contributed by atoms with Gasteiger partial charge in [-0.1, -0.05) is 20.8 Å². The van der Waals surface area contributed by atoms with E-state index in [1.165, 1.54) is 9.47 Å². The van der Waals surface area contributed by atoms with Gasteiger partial charge < -0.3 is 15.6 Å². The van der Waals surface area contributed by atoms with Gasteiger partial charge in [-0.2, -0.15) is 13.2 Å². The Morgan fingerprint density at radius 3 is 2.05 bits per heavy atom. The van der Waals surface area contributed by atoms with E-state index >= 15 is 0 Å². The second-order valence-corrected chi connectivity index (χ2v) is 9.15. The van der Waals surface area contributed by atoms with E-state index in [1.54, 1.807) is 20.8 Å². The number of H-pyrrole nitrogens is 1. The number of aromatic nitrogens is 2. The number of aromatic amines is 1. The first kappa shape index (κ1) is 32.6. The molecule has 0 fully saturated rings. The largest absolute Gasteiger partial charge is 0.418 e. The summed E-state index contributed by atoms with van der Waals surface area (Å²) >= 11 is 3.16. The SMILES string of the molecule is CCC(C)n1c(=O)[nH]c(C)c(Br)c1=O.CCCN(CCC)c1c([N+](=O)[O-])cc(C(F)(F)F)c(N)c1[N+](=O)[O-]. The second-order valence-electron chi connectivity index (χ2n) is 8.35. The van der Waals surface area contributed by atoms with Gasteiger partial charge in [0.25, 0.3) is 11.2 Å². The summed E-state index contributed by atoms with van der Waals surface area (Å²) in [5, 5.41) is 22.6. The Balaban J connectivity index is 0.000000437. The highest BCUT2D eigenvalue weighted by molar-refractivity contribution is 9.10. The first-order chi connectivity index (χ1) is 17.5. The van der Waals surface area contributed by atoms with Crippen LogP contribution in [-0.4, -0.2) is 32.5 Å². The van der Waals surface area contributed by atoms with Gasteiger partial charge in [-0.15, -0.1) is 0 Å². The molecule has 1 aromatic carbocycles. The van der Waals surface area contributed by atoms with Gasteiger partial charge in [0.15, 0.2) is 5.69 Å². The molecule has 38 heavy (non-hydrogen) atoms. The van der Waals surface area contributed by atoms with Crippen LogP contribution in [0, 0.1) is 27.2 Å². The van der Waals surface area contributed by atoms with Gasteiger partial charge in [0.2, 0.25) is 0 Å². The molecule has 16 heteroatoms. The Bertz CT molecular complexity index is 1290. The quantitative estimate of drug-likeness (QED) is 0.218. The summed E-state index contributed by atoms with van der Waals surface area (Å²) < 4.78 is 40.7. The Labute approximate surface area is 224 Å². The number of nitrogen functional groups attached to an aromatic ring is 1. The van der Waals surface area contributed by atoms with E-state index in [-0.39, 0.29) is 36.4 Å². The molecule has 1 heterocycles. The van der Waals surface area contributed by atoms with Crippen molar-refractivity contribution in [2.45, 2.75) is 66.1 Å². The molecule has 0 amide bonds. The fourth-order valence-electron chi connectivity index (χ4n) is 3.62. The number of anilines is 2. The number of nitrogens with two attached hydrogens (primary N) is 1. The predicted octanol–water partition coefficient (Wildman–Crippen LogP) is 5.31. The molecular weight excluding hydrogens is 581 g/mol. The van der Waals surface area contributed by atoms with Crippen LogP contribution in [0.25, 0.3) is 0 Å². The maximum Gasteiger partial charge on any atom is 0.418 e. The highest BCUT2D eigenvalue weighted by Gasteiger charge is 2.42. The Morgan fingerprint density at radius 1 is 1.13 bits per heavy atom. The molecule has 1 unspecified atom stereocenters. The van der Waals surface area contributed by atoms with Crippen molar-refractivity contribution in [1.29, 1.82) is 0 Å². The fraction of sp³-hybridized carbons (Fsp3) is 0.545. The van der Waals surface area contributed by atoms with E-state index in [0.29, 0.717) is 23.0 Å². The van der Waals surface area contributed by atoms with E-state index in [9.17, 15) is 43.0 Å². The molecule has 0 radical (unpaired) electrons. The molecule has 0 aliphatic rings. The minimum atomic E-state index is -5.04. The average Bonchev–Trinajstić information content (AvgIpc) is 2.81. The number of alkyl halides is 3. The summed E-state index contributed by atoms with van der Waals surface area (Å²) in [4.78, 5) is 47.6. The van der Waals surface area contributed by atoms with Crippen molar-refractivity contribution in [3.63, 3.8) is 0 Å². The van der Waals surface area contributed by atoms with Crippen LogP contribution in [0.3, 0.4) is 0 Å². The van der Waals surface area contributed by atoms with Crippen molar-refractivity contribution >= 4 is 38.7 Å². The van der Waals surface area contributed by atoms with Crippen molar-refractivity contribution in [2.24, 2.45) is 0 Å². The van der Waals surface area contributed by atoms with Gasteiger partial charge in [0.1, 0.15) is 10.2 Å².